The van der Waals surface area contributed by atoms with Gasteiger partial charge in [0.2, 0.25) is 11.7 Å². The van der Waals surface area contributed by atoms with Gasteiger partial charge in [0.05, 0.1) is 6.54 Å². The van der Waals surface area contributed by atoms with E-state index in [-0.39, 0.29) is 12.5 Å². The van der Waals surface area contributed by atoms with E-state index in [2.05, 4.69) is 21.5 Å². The third-order valence-electron chi connectivity index (χ3n) is 4.42. The average molecular weight is 400 g/mol. The summed E-state index contributed by atoms with van der Waals surface area (Å²) in [5.41, 5.74) is 4.02. The predicted octanol–water partition coefficient (Wildman–Crippen LogP) is 4.40. The zero-order valence-electron chi connectivity index (χ0n) is 16.2. The lowest BCUT2D eigenvalue weighted by Crippen LogP contribution is -2.36. The van der Waals surface area contributed by atoms with Gasteiger partial charge in [-0.25, -0.2) is 0 Å². The van der Waals surface area contributed by atoms with Crippen molar-refractivity contribution in [3.05, 3.63) is 64.0 Å². The fourth-order valence-electron chi connectivity index (χ4n) is 2.72. The number of benzene rings is 2. The summed E-state index contributed by atoms with van der Waals surface area (Å²) in [6, 6.07) is 11.1. The van der Waals surface area contributed by atoms with Crippen LogP contribution >= 0.6 is 11.6 Å². The number of hydrogen-bond donors (Lipinski definition) is 1. The van der Waals surface area contributed by atoms with Crippen LogP contribution in [0, 0.1) is 20.8 Å². The molecule has 28 heavy (non-hydrogen) atoms. The first-order chi connectivity index (χ1) is 13.3. The van der Waals surface area contributed by atoms with Gasteiger partial charge in [-0.3, -0.25) is 4.79 Å². The molecule has 1 heterocycles. The number of nitrogens with one attached hydrogen (secondary N) is 1. The molecule has 1 aromatic heterocycles. The van der Waals surface area contributed by atoms with Gasteiger partial charge in [-0.15, -0.1) is 0 Å². The maximum Gasteiger partial charge on any atom is 0.261 e. The lowest BCUT2D eigenvalue weighted by atomic mass is 10.1. The number of hydrogen-bond acceptors (Lipinski definition) is 5. The second-order valence-electron chi connectivity index (χ2n) is 6.70. The van der Waals surface area contributed by atoms with Crippen molar-refractivity contribution in [2.24, 2.45) is 0 Å². The van der Waals surface area contributed by atoms with Gasteiger partial charge in [0.25, 0.3) is 5.91 Å². The molecule has 7 heteroatoms. The molecule has 3 rings (SSSR count). The molecule has 0 saturated heterocycles. The molecule has 0 aliphatic rings. The van der Waals surface area contributed by atoms with Gasteiger partial charge < -0.3 is 14.6 Å². The monoisotopic (exact) mass is 399 g/mol. The van der Waals surface area contributed by atoms with Gasteiger partial charge in [-0.05, 0) is 74.7 Å². The molecule has 0 saturated carbocycles. The SMILES string of the molecule is Cc1cc(C)c(C)c(O[C@H](C)C(=O)NCc2nc(-c3ccc(Cl)cc3)no2)c1. The van der Waals surface area contributed by atoms with Gasteiger partial charge in [0.1, 0.15) is 5.75 Å². The number of carbonyl (C=O) groups excluding carboxylic acids is 1. The molecule has 1 atom stereocenters. The largest absolute Gasteiger partial charge is 0.481 e. The van der Waals surface area contributed by atoms with E-state index in [4.69, 9.17) is 20.9 Å². The normalized spacial score (nSPS) is 11.9. The Morgan fingerprint density at radius 2 is 1.93 bits per heavy atom. The summed E-state index contributed by atoms with van der Waals surface area (Å²) in [6.07, 6.45) is -0.654. The zero-order valence-corrected chi connectivity index (χ0v) is 17.0. The van der Waals surface area contributed by atoms with Crippen LogP contribution < -0.4 is 10.1 Å². The van der Waals surface area contributed by atoms with Crippen molar-refractivity contribution < 1.29 is 14.1 Å². The minimum atomic E-state index is -0.654. The number of carbonyl (C=O) groups is 1. The molecular formula is C21H22ClN3O3. The summed E-state index contributed by atoms with van der Waals surface area (Å²) >= 11 is 5.88. The van der Waals surface area contributed by atoms with Gasteiger partial charge >= 0.3 is 0 Å². The number of rotatable bonds is 6. The lowest BCUT2D eigenvalue weighted by molar-refractivity contribution is -0.127. The van der Waals surface area contributed by atoms with Crippen LogP contribution in [0.4, 0.5) is 0 Å². The Kier molecular flexibility index (Phi) is 5.99. The molecule has 2 aromatic carbocycles. The van der Waals surface area contributed by atoms with Gasteiger partial charge in [0.15, 0.2) is 6.10 Å². The van der Waals surface area contributed by atoms with Crippen LogP contribution in [0.5, 0.6) is 5.75 Å². The molecule has 146 valence electrons. The fraction of sp³-hybridized carbons (Fsp3) is 0.286. The molecule has 0 radical (unpaired) electrons. The smallest absolute Gasteiger partial charge is 0.261 e. The van der Waals surface area contributed by atoms with Crippen LogP contribution in [0.1, 0.15) is 29.5 Å². The maximum atomic E-state index is 12.4. The van der Waals surface area contributed by atoms with Gasteiger partial charge in [0, 0.05) is 10.6 Å². The van der Waals surface area contributed by atoms with Crippen LogP contribution in [0.15, 0.2) is 40.9 Å². The first-order valence-electron chi connectivity index (χ1n) is 8.94. The number of ether oxygens (including phenoxy) is 1. The van der Waals surface area contributed by atoms with E-state index in [0.717, 1.165) is 22.3 Å². The summed E-state index contributed by atoms with van der Waals surface area (Å²) in [4.78, 5) is 16.7. The van der Waals surface area contributed by atoms with Crippen LogP contribution in [0.25, 0.3) is 11.4 Å². The molecule has 0 unspecified atom stereocenters. The first-order valence-corrected chi connectivity index (χ1v) is 9.32. The summed E-state index contributed by atoms with van der Waals surface area (Å²) in [5, 5.41) is 7.32. The molecular weight excluding hydrogens is 378 g/mol. The summed E-state index contributed by atoms with van der Waals surface area (Å²) in [5.74, 6) is 1.21. The van der Waals surface area contributed by atoms with Gasteiger partial charge in [-0.2, -0.15) is 4.98 Å². The Hall–Kier alpha value is -2.86. The van der Waals surface area contributed by atoms with E-state index in [1.54, 1.807) is 31.2 Å². The van der Waals surface area contributed by atoms with Crippen LogP contribution in [-0.2, 0) is 11.3 Å². The van der Waals surface area contributed by atoms with Crippen molar-refractivity contribution in [1.29, 1.82) is 0 Å². The highest BCUT2D eigenvalue weighted by molar-refractivity contribution is 6.30. The summed E-state index contributed by atoms with van der Waals surface area (Å²) in [6.45, 7) is 7.83. The Morgan fingerprint density at radius 3 is 2.64 bits per heavy atom. The summed E-state index contributed by atoms with van der Waals surface area (Å²) in [7, 11) is 0. The van der Waals surface area contributed by atoms with Crippen molar-refractivity contribution in [2.45, 2.75) is 40.3 Å². The molecule has 0 spiro atoms. The van der Waals surface area contributed by atoms with Crippen molar-refractivity contribution in [2.75, 3.05) is 0 Å². The third-order valence-corrected chi connectivity index (χ3v) is 4.67. The van der Waals surface area contributed by atoms with Gasteiger partial charge in [-0.1, -0.05) is 22.8 Å². The van der Waals surface area contributed by atoms with E-state index in [0.29, 0.717) is 22.5 Å². The lowest BCUT2D eigenvalue weighted by Gasteiger charge is -2.17. The molecule has 1 amide bonds. The maximum absolute atomic E-state index is 12.4. The zero-order chi connectivity index (χ0) is 20.3. The molecule has 0 aliphatic carbocycles. The molecule has 6 nitrogen and oxygen atoms in total. The van der Waals surface area contributed by atoms with Crippen molar-refractivity contribution in [1.82, 2.24) is 15.5 Å². The number of aryl methyl sites for hydroxylation is 2. The first kappa shape index (κ1) is 19.9. The number of nitrogens with zero attached hydrogens (tertiary/aromatic N) is 2. The van der Waals surface area contributed by atoms with Crippen molar-refractivity contribution in [3.63, 3.8) is 0 Å². The molecule has 0 fully saturated rings. The molecule has 0 aliphatic heterocycles. The van der Waals surface area contributed by atoms with E-state index in [9.17, 15) is 4.79 Å². The fourth-order valence-corrected chi connectivity index (χ4v) is 2.84. The second kappa shape index (κ2) is 8.44. The predicted molar refractivity (Wildman–Crippen MR) is 107 cm³/mol. The van der Waals surface area contributed by atoms with Crippen molar-refractivity contribution >= 4 is 17.5 Å². The second-order valence-corrected chi connectivity index (χ2v) is 7.14. The Labute approximate surface area is 168 Å². The quantitative estimate of drug-likeness (QED) is 0.664. The van der Waals surface area contributed by atoms with E-state index in [1.165, 1.54) is 0 Å². The highest BCUT2D eigenvalue weighted by atomic mass is 35.5. The standard InChI is InChI=1S/C21H22ClN3O3/c1-12-9-13(2)14(3)18(10-12)27-15(4)21(26)23-11-19-24-20(25-28-19)16-5-7-17(22)8-6-16/h5-10,15H,11H2,1-4H3,(H,23,26)/t15-/m1/s1. The minimum absolute atomic E-state index is 0.124. The van der Waals surface area contributed by atoms with E-state index in [1.807, 2.05) is 26.8 Å². The Morgan fingerprint density at radius 1 is 1.21 bits per heavy atom. The van der Waals surface area contributed by atoms with E-state index >= 15 is 0 Å². The topological polar surface area (TPSA) is 77.2 Å². The Bertz CT molecular complexity index is 983. The Balaban J connectivity index is 1.59. The number of halogens is 1. The minimum Gasteiger partial charge on any atom is -0.481 e. The summed E-state index contributed by atoms with van der Waals surface area (Å²) < 4.78 is 11.1. The van der Waals surface area contributed by atoms with Crippen LogP contribution in [0.2, 0.25) is 5.02 Å². The average Bonchev–Trinajstić information content (AvgIpc) is 3.13. The highest BCUT2D eigenvalue weighted by Gasteiger charge is 2.18. The molecule has 3 aromatic rings. The molecule has 1 N–H and O–H groups in total. The number of amides is 1. The third kappa shape index (κ3) is 4.70. The van der Waals surface area contributed by atoms with E-state index < -0.39 is 6.10 Å². The van der Waals surface area contributed by atoms with Crippen LogP contribution in [-0.4, -0.2) is 22.2 Å². The number of aromatic nitrogens is 2. The van der Waals surface area contributed by atoms with Crippen molar-refractivity contribution in [3.8, 4) is 17.1 Å². The van der Waals surface area contributed by atoms with Crippen LogP contribution in [0.3, 0.4) is 0 Å². The molecule has 0 bridgehead atoms. The highest BCUT2D eigenvalue weighted by Crippen LogP contribution is 2.24.